The number of nitrogen functional groups attached to an aromatic ring is 1. The molecule has 2 heterocycles. The van der Waals surface area contributed by atoms with Crippen molar-refractivity contribution in [2.45, 2.75) is 17.6 Å². The van der Waals surface area contributed by atoms with Crippen LogP contribution in [0.2, 0.25) is 0 Å². The van der Waals surface area contributed by atoms with E-state index in [0.717, 1.165) is 26.8 Å². The van der Waals surface area contributed by atoms with Crippen LogP contribution in [0.3, 0.4) is 0 Å². The first-order chi connectivity index (χ1) is 9.63. The molecule has 102 valence electrons. The van der Waals surface area contributed by atoms with Gasteiger partial charge in [0.1, 0.15) is 0 Å². The number of hydrogen-bond acceptors (Lipinski definition) is 5. The lowest BCUT2D eigenvalue weighted by Gasteiger charge is -2.06. The lowest BCUT2D eigenvalue weighted by atomic mass is 10.2. The average Bonchev–Trinajstić information content (AvgIpc) is 2.86. The van der Waals surface area contributed by atoms with Crippen LogP contribution in [0.25, 0.3) is 4.96 Å². The van der Waals surface area contributed by atoms with Crippen LogP contribution in [-0.4, -0.2) is 9.38 Å². The first-order valence-electron chi connectivity index (χ1n) is 6.08. The Hall–Kier alpha value is -1.79. The van der Waals surface area contributed by atoms with E-state index in [1.54, 1.807) is 28.4 Å². The second-order valence-electron chi connectivity index (χ2n) is 4.45. The van der Waals surface area contributed by atoms with E-state index in [1.807, 2.05) is 30.5 Å². The van der Waals surface area contributed by atoms with E-state index in [1.165, 1.54) is 11.3 Å². The molecule has 6 heteroatoms. The molecule has 0 unspecified atom stereocenters. The zero-order valence-electron chi connectivity index (χ0n) is 10.9. The maximum absolute atomic E-state index is 11.9. The van der Waals surface area contributed by atoms with Gasteiger partial charge < -0.3 is 5.73 Å². The molecule has 0 aliphatic heterocycles. The third kappa shape index (κ3) is 2.57. The normalized spacial score (nSPS) is 11.1. The van der Waals surface area contributed by atoms with Crippen molar-refractivity contribution in [2.24, 2.45) is 0 Å². The quantitative estimate of drug-likeness (QED) is 0.597. The van der Waals surface area contributed by atoms with Crippen LogP contribution in [-0.2, 0) is 5.75 Å². The van der Waals surface area contributed by atoms with Gasteiger partial charge in [0.15, 0.2) is 4.96 Å². The van der Waals surface area contributed by atoms with Gasteiger partial charge in [-0.1, -0.05) is 0 Å². The molecular weight excluding hydrogens is 290 g/mol. The SMILES string of the molecule is Cc1cc(N)ccc1SCc1cc(=O)n2ccsc2n1. The minimum Gasteiger partial charge on any atom is -0.399 e. The number of thioether (sulfide) groups is 1. The van der Waals surface area contributed by atoms with Crippen LogP contribution in [0.4, 0.5) is 5.69 Å². The molecule has 3 aromatic rings. The molecule has 3 rings (SSSR count). The van der Waals surface area contributed by atoms with Crippen LogP contribution in [0.5, 0.6) is 0 Å². The molecule has 0 amide bonds. The van der Waals surface area contributed by atoms with Crippen molar-refractivity contribution in [1.29, 1.82) is 0 Å². The maximum Gasteiger partial charge on any atom is 0.258 e. The summed E-state index contributed by atoms with van der Waals surface area (Å²) in [4.78, 5) is 18.3. The predicted molar refractivity (Wildman–Crippen MR) is 84.5 cm³/mol. The fraction of sp³-hybridized carbons (Fsp3) is 0.143. The third-order valence-corrected chi connectivity index (χ3v) is 4.90. The summed E-state index contributed by atoms with van der Waals surface area (Å²) in [6, 6.07) is 7.44. The minimum atomic E-state index is -0.0270. The van der Waals surface area contributed by atoms with Crippen molar-refractivity contribution in [1.82, 2.24) is 9.38 Å². The van der Waals surface area contributed by atoms with Crippen LogP contribution >= 0.6 is 23.1 Å². The monoisotopic (exact) mass is 303 g/mol. The largest absolute Gasteiger partial charge is 0.399 e. The summed E-state index contributed by atoms with van der Waals surface area (Å²) >= 11 is 3.14. The number of nitrogens with zero attached hydrogens (tertiary/aromatic N) is 2. The van der Waals surface area contributed by atoms with Gasteiger partial charge in [-0.25, -0.2) is 4.98 Å². The third-order valence-electron chi connectivity index (χ3n) is 2.93. The van der Waals surface area contributed by atoms with E-state index in [4.69, 9.17) is 5.73 Å². The number of anilines is 1. The number of nitrogens with two attached hydrogens (primary N) is 1. The molecule has 0 atom stereocenters. The standard InChI is InChI=1S/C14H13N3OS2/c1-9-6-10(15)2-3-12(9)20-8-11-7-13(18)17-4-5-19-14(17)16-11/h2-7H,8,15H2,1H3. The molecule has 0 fully saturated rings. The topological polar surface area (TPSA) is 60.4 Å². The van der Waals surface area contributed by atoms with Crippen LogP contribution in [0, 0.1) is 6.92 Å². The summed E-state index contributed by atoms with van der Waals surface area (Å²) < 4.78 is 1.56. The lowest BCUT2D eigenvalue weighted by molar-refractivity contribution is 1.04. The smallest absolute Gasteiger partial charge is 0.258 e. The molecule has 0 aliphatic carbocycles. The lowest BCUT2D eigenvalue weighted by Crippen LogP contribution is -2.12. The molecule has 0 bridgehead atoms. The number of rotatable bonds is 3. The summed E-state index contributed by atoms with van der Waals surface area (Å²) in [5.74, 6) is 0.675. The van der Waals surface area contributed by atoms with Crippen molar-refractivity contribution >= 4 is 33.7 Å². The highest BCUT2D eigenvalue weighted by atomic mass is 32.2. The summed E-state index contributed by atoms with van der Waals surface area (Å²) in [5.41, 5.74) is 8.43. The van der Waals surface area contributed by atoms with Gasteiger partial charge in [-0.3, -0.25) is 9.20 Å². The number of thiazole rings is 1. The average molecular weight is 303 g/mol. The van der Waals surface area contributed by atoms with Gasteiger partial charge in [-0.05, 0) is 30.7 Å². The zero-order valence-corrected chi connectivity index (χ0v) is 12.5. The Labute approximate surface area is 124 Å². The molecule has 2 N–H and O–H groups in total. The number of aryl methyl sites for hydroxylation is 1. The molecule has 4 nitrogen and oxygen atoms in total. The fourth-order valence-electron chi connectivity index (χ4n) is 1.95. The van der Waals surface area contributed by atoms with E-state index >= 15 is 0 Å². The van der Waals surface area contributed by atoms with E-state index in [0.29, 0.717) is 5.75 Å². The van der Waals surface area contributed by atoms with Crippen molar-refractivity contribution in [3.05, 3.63) is 57.5 Å². The Bertz CT molecular complexity index is 823. The van der Waals surface area contributed by atoms with Crippen LogP contribution < -0.4 is 11.3 Å². The van der Waals surface area contributed by atoms with Gasteiger partial charge in [-0.15, -0.1) is 23.1 Å². The van der Waals surface area contributed by atoms with Crippen molar-refractivity contribution < 1.29 is 0 Å². The number of fused-ring (bicyclic) bond motifs is 1. The minimum absolute atomic E-state index is 0.0270. The number of hydrogen-bond donors (Lipinski definition) is 1. The summed E-state index contributed by atoms with van der Waals surface area (Å²) in [7, 11) is 0. The molecular formula is C14H13N3OS2. The Balaban J connectivity index is 1.84. The summed E-state index contributed by atoms with van der Waals surface area (Å²) in [6.07, 6.45) is 1.75. The Morgan fingerprint density at radius 1 is 1.40 bits per heavy atom. The number of aromatic nitrogens is 2. The molecule has 2 aromatic heterocycles. The van der Waals surface area contributed by atoms with E-state index in [2.05, 4.69) is 4.98 Å². The number of benzene rings is 1. The molecule has 0 saturated heterocycles. The molecule has 20 heavy (non-hydrogen) atoms. The zero-order chi connectivity index (χ0) is 14.1. The van der Waals surface area contributed by atoms with Gasteiger partial charge in [0.2, 0.25) is 0 Å². The van der Waals surface area contributed by atoms with Crippen molar-refractivity contribution in [3.63, 3.8) is 0 Å². The van der Waals surface area contributed by atoms with E-state index in [9.17, 15) is 4.79 Å². The summed E-state index contributed by atoms with van der Waals surface area (Å²) in [6.45, 7) is 2.03. The highest BCUT2D eigenvalue weighted by Gasteiger charge is 2.05. The Morgan fingerprint density at radius 2 is 2.25 bits per heavy atom. The van der Waals surface area contributed by atoms with Crippen molar-refractivity contribution in [3.8, 4) is 0 Å². The molecule has 0 saturated carbocycles. The maximum atomic E-state index is 11.9. The second-order valence-corrected chi connectivity index (χ2v) is 6.35. The Morgan fingerprint density at radius 3 is 3.05 bits per heavy atom. The molecule has 1 aromatic carbocycles. The van der Waals surface area contributed by atoms with Crippen LogP contribution in [0.15, 0.2) is 45.5 Å². The van der Waals surface area contributed by atoms with Crippen LogP contribution in [0.1, 0.15) is 11.3 Å². The summed E-state index contributed by atoms with van der Waals surface area (Å²) in [5, 5.41) is 1.87. The predicted octanol–water partition coefficient (Wildman–Crippen LogP) is 2.94. The first kappa shape index (κ1) is 13.2. The van der Waals surface area contributed by atoms with Gasteiger partial charge in [-0.2, -0.15) is 0 Å². The van der Waals surface area contributed by atoms with Gasteiger partial charge >= 0.3 is 0 Å². The van der Waals surface area contributed by atoms with Gasteiger partial charge in [0.25, 0.3) is 5.56 Å². The molecule has 0 aliphatic rings. The first-order valence-corrected chi connectivity index (χ1v) is 7.95. The van der Waals surface area contributed by atoms with E-state index < -0.39 is 0 Å². The molecule has 0 radical (unpaired) electrons. The Kier molecular flexibility index (Phi) is 3.50. The second kappa shape index (κ2) is 5.30. The highest BCUT2D eigenvalue weighted by Crippen LogP contribution is 2.26. The fourth-order valence-corrected chi connectivity index (χ4v) is 3.59. The van der Waals surface area contributed by atoms with Gasteiger partial charge in [0.05, 0.1) is 5.69 Å². The molecule has 0 spiro atoms. The van der Waals surface area contributed by atoms with Crippen molar-refractivity contribution in [2.75, 3.05) is 5.73 Å². The van der Waals surface area contributed by atoms with E-state index in [-0.39, 0.29) is 5.56 Å². The van der Waals surface area contributed by atoms with Gasteiger partial charge in [0, 0.05) is 34.0 Å². The highest BCUT2D eigenvalue weighted by molar-refractivity contribution is 7.98.